The number of hydrogen-bond acceptors (Lipinski definition) is 4. The zero-order valence-corrected chi connectivity index (χ0v) is 19.0. The molecule has 138 valence electrons. The van der Waals surface area contributed by atoms with Crippen molar-refractivity contribution >= 4 is 10.1 Å². The SMILES string of the molecule is CCCCCc1cccc(CCCCC)c1OCC(C)S(=O)(=O)[O-].[Na+]. The summed E-state index contributed by atoms with van der Waals surface area (Å²) in [6.45, 7) is 5.65. The van der Waals surface area contributed by atoms with E-state index in [4.69, 9.17) is 4.74 Å². The molecule has 0 fully saturated rings. The summed E-state index contributed by atoms with van der Waals surface area (Å²) in [7, 11) is -4.32. The van der Waals surface area contributed by atoms with E-state index >= 15 is 0 Å². The van der Waals surface area contributed by atoms with Gasteiger partial charge in [-0.25, -0.2) is 8.42 Å². The fraction of sp³-hybridized carbons (Fsp3) is 0.684. The monoisotopic (exact) mass is 378 g/mol. The van der Waals surface area contributed by atoms with E-state index < -0.39 is 15.4 Å². The molecular weight excluding hydrogens is 347 g/mol. The quantitative estimate of drug-likeness (QED) is 0.314. The van der Waals surface area contributed by atoms with Crippen LogP contribution in [0, 0.1) is 0 Å². The smallest absolute Gasteiger partial charge is 0.748 e. The minimum atomic E-state index is -4.32. The first-order valence-corrected chi connectivity index (χ1v) is 10.6. The third-order valence-electron chi connectivity index (χ3n) is 4.23. The summed E-state index contributed by atoms with van der Waals surface area (Å²) in [6.07, 6.45) is 8.62. The fourth-order valence-electron chi connectivity index (χ4n) is 2.63. The van der Waals surface area contributed by atoms with Crippen LogP contribution < -0.4 is 34.3 Å². The molecule has 1 aromatic carbocycles. The maximum atomic E-state index is 11.1. The van der Waals surface area contributed by atoms with Gasteiger partial charge in [0.2, 0.25) is 0 Å². The van der Waals surface area contributed by atoms with E-state index in [1.807, 2.05) is 18.2 Å². The summed E-state index contributed by atoms with van der Waals surface area (Å²) in [5.41, 5.74) is 2.24. The number of ether oxygens (including phenoxy) is 1. The van der Waals surface area contributed by atoms with Gasteiger partial charge in [-0.1, -0.05) is 57.7 Å². The minimum Gasteiger partial charge on any atom is -0.748 e. The summed E-state index contributed by atoms with van der Waals surface area (Å²) < 4.78 is 39.2. The fourth-order valence-corrected chi connectivity index (χ4v) is 2.87. The zero-order valence-electron chi connectivity index (χ0n) is 16.2. The summed E-state index contributed by atoms with van der Waals surface area (Å²) >= 11 is 0. The van der Waals surface area contributed by atoms with E-state index in [-0.39, 0.29) is 36.2 Å². The summed E-state index contributed by atoms with van der Waals surface area (Å²) in [4.78, 5) is 0. The van der Waals surface area contributed by atoms with Crippen LogP contribution in [0.5, 0.6) is 5.75 Å². The van der Waals surface area contributed by atoms with Crippen molar-refractivity contribution in [3.05, 3.63) is 29.3 Å². The second-order valence-electron chi connectivity index (χ2n) is 6.43. The second-order valence-corrected chi connectivity index (χ2v) is 8.22. The van der Waals surface area contributed by atoms with Gasteiger partial charge in [-0.2, -0.15) is 0 Å². The molecule has 1 atom stereocenters. The summed E-state index contributed by atoms with van der Waals surface area (Å²) in [5, 5.41) is -1.04. The Hall–Kier alpha value is -0.0700. The molecule has 0 radical (unpaired) electrons. The molecule has 4 nitrogen and oxygen atoms in total. The molecule has 0 saturated heterocycles. The van der Waals surface area contributed by atoms with Crippen LogP contribution in [-0.2, 0) is 23.0 Å². The maximum Gasteiger partial charge on any atom is 1.00 e. The third-order valence-corrected chi connectivity index (χ3v) is 5.35. The molecule has 0 aromatic heterocycles. The van der Waals surface area contributed by atoms with Gasteiger partial charge in [-0.15, -0.1) is 0 Å². The molecule has 0 bridgehead atoms. The van der Waals surface area contributed by atoms with Crippen molar-refractivity contribution < 1.29 is 47.3 Å². The average Bonchev–Trinajstić information content (AvgIpc) is 2.53. The van der Waals surface area contributed by atoms with Gasteiger partial charge in [0, 0.05) is 0 Å². The van der Waals surface area contributed by atoms with Gasteiger partial charge in [-0.05, 0) is 43.7 Å². The molecule has 25 heavy (non-hydrogen) atoms. The van der Waals surface area contributed by atoms with Crippen LogP contribution in [0.4, 0.5) is 0 Å². The molecule has 0 heterocycles. The van der Waals surface area contributed by atoms with Crippen LogP contribution in [-0.4, -0.2) is 24.8 Å². The molecule has 0 amide bonds. The predicted octanol–water partition coefficient (Wildman–Crippen LogP) is 1.47. The van der Waals surface area contributed by atoms with Crippen LogP contribution >= 0.6 is 0 Å². The first-order valence-electron chi connectivity index (χ1n) is 9.08. The van der Waals surface area contributed by atoms with E-state index in [9.17, 15) is 13.0 Å². The number of para-hydroxylation sites is 1. The number of aryl methyl sites for hydroxylation is 2. The van der Waals surface area contributed by atoms with Crippen LogP contribution in [0.1, 0.15) is 70.4 Å². The maximum absolute atomic E-state index is 11.1. The van der Waals surface area contributed by atoms with Crippen molar-refractivity contribution in [1.82, 2.24) is 0 Å². The normalized spacial score (nSPS) is 12.5. The molecule has 1 unspecified atom stereocenters. The van der Waals surface area contributed by atoms with Crippen LogP contribution in [0.3, 0.4) is 0 Å². The van der Waals surface area contributed by atoms with Gasteiger partial charge in [0.1, 0.15) is 22.5 Å². The van der Waals surface area contributed by atoms with Crippen molar-refractivity contribution in [3.8, 4) is 5.75 Å². The first-order chi connectivity index (χ1) is 11.4. The standard InChI is InChI=1S/C19H32O4S.Na/c1-4-6-8-11-17-13-10-14-18(12-9-7-5-2)19(17)23-15-16(3)24(20,21)22;/h10,13-14,16H,4-9,11-12,15H2,1-3H3,(H,20,21,22);/q;+1/p-1. The molecule has 0 aliphatic rings. The van der Waals surface area contributed by atoms with Gasteiger partial charge >= 0.3 is 29.6 Å². The van der Waals surface area contributed by atoms with Crippen LogP contribution in [0.15, 0.2) is 18.2 Å². The molecule has 0 saturated carbocycles. The minimum absolute atomic E-state index is 0. The van der Waals surface area contributed by atoms with Crippen molar-refractivity contribution in [2.24, 2.45) is 0 Å². The van der Waals surface area contributed by atoms with Crippen molar-refractivity contribution in [2.75, 3.05) is 6.61 Å². The molecule has 1 aromatic rings. The largest absolute Gasteiger partial charge is 1.00 e. The Bertz CT molecular complexity index is 559. The molecule has 0 N–H and O–H groups in total. The number of rotatable bonds is 12. The number of hydrogen-bond donors (Lipinski definition) is 0. The number of unbranched alkanes of at least 4 members (excludes halogenated alkanes) is 4. The van der Waals surface area contributed by atoms with Crippen molar-refractivity contribution in [2.45, 2.75) is 77.4 Å². The van der Waals surface area contributed by atoms with E-state index in [0.717, 1.165) is 68.2 Å². The Labute approximate surface area is 175 Å². The molecule has 6 heteroatoms. The van der Waals surface area contributed by atoms with E-state index in [0.29, 0.717) is 0 Å². The van der Waals surface area contributed by atoms with Gasteiger partial charge < -0.3 is 9.29 Å². The van der Waals surface area contributed by atoms with Gasteiger partial charge in [0.15, 0.2) is 0 Å². The summed E-state index contributed by atoms with van der Waals surface area (Å²) in [5.74, 6) is 0.792. The molecule has 0 spiro atoms. The average molecular weight is 379 g/mol. The van der Waals surface area contributed by atoms with E-state index in [1.165, 1.54) is 6.92 Å². The van der Waals surface area contributed by atoms with Crippen LogP contribution in [0.2, 0.25) is 0 Å². The van der Waals surface area contributed by atoms with Gasteiger partial charge in [-0.3, -0.25) is 0 Å². The Morgan fingerprint density at radius 3 is 1.88 bits per heavy atom. The van der Waals surface area contributed by atoms with Crippen LogP contribution in [0.25, 0.3) is 0 Å². The molecule has 0 aliphatic carbocycles. The van der Waals surface area contributed by atoms with Crippen molar-refractivity contribution in [3.63, 3.8) is 0 Å². The van der Waals surface area contributed by atoms with E-state index in [2.05, 4.69) is 13.8 Å². The van der Waals surface area contributed by atoms with Gasteiger partial charge in [0.25, 0.3) is 0 Å². The Morgan fingerprint density at radius 1 is 1.00 bits per heavy atom. The summed E-state index contributed by atoms with van der Waals surface area (Å²) in [6, 6.07) is 6.14. The van der Waals surface area contributed by atoms with E-state index in [1.54, 1.807) is 0 Å². The zero-order chi connectivity index (χ0) is 18.0. The number of benzene rings is 1. The van der Waals surface area contributed by atoms with Crippen molar-refractivity contribution in [1.29, 1.82) is 0 Å². The Balaban J connectivity index is 0.00000576. The van der Waals surface area contributed by atoms with Gasteiger partial charge in [0.05, 0.1) is 5.25 Å². The third kappa shape index (κ3) is 9.43. The first kappa shape index (κ1) is 24.9. The Morgan fingerprint density at radius 2 is 1.48 bits per heavy atom. The Kier molecular flexibility index (Phi) is 13.1. The predicted molar refractivity (Wildman–Crippen MR) is 97.6 cm³/mol. The molecule has 1 rings (SSSR count). The topological polar surface area (TPSA) is 66.4 Å². The molecule has 0 aliphatic heterocycles. The molecular formula is C19H31NaO4S. The second kappa shape index (κ2) is 13.2.